The quantitative estimate of drug-likeness (QED) is 0.186. The molecule has 0 bridgehead atoms. The van der Waals surface area contributed by atoms with Crippen molar-refractivity contribution in [3.63, 3.8) is 0 Å². The van der Waals surface area contributed by atoms with Crippen LogP contribution in [0.2, 0.25) is 0 Å². The van der Waals surface area contributed by atoms with E-state index in [9.17, 15) is 24.5 Å². The van der Waals surface area contributed by atoms with Crippen LogP contribution < -0.4 is 4.74 Å². The third kappa shape index (κ3) is 5.39. The number of benzene rings is 3. The van der Waals surface area contributed by atoms with Crippen molar-refractivity contribution in [3.05, 3.63) is 105 Å². The minimum absolute atomic E-state index is 0.110. The minimum atomic E-state index is -0.764. The lowest BCUT2D eigenvalue weighted by molar-refractivity contribution is -0.385. The van der Waals surface area contributed by atoms with Gasteiger partial charge in [0.25, 0.3) is 5.69 Å². The van der Waals surface area contributed by atoms with Crippen molar-refractivity contribution in [2.24, 2.45) is 0 Å². The van der Waals surface area contributed by atoms with Crippen molar-refractivity contribution < 1.29 is 28.8 Å². The first kappa shape index (κ1) is 21.4. The second-order valence-corrected chi connectivity index (χ2v) is 6.54. The van der Waals surface area contributed by atoms with Crippen molar-refractivity contribution in [2.45, 2.75) is 6.92 Å². The molecule has 8 heteroatoms. The van der Waals surface area contributed by atoms with E-state index >= 15 is 0 Å². The van der Waals surface area contributed by atoms with E-state index in [1.165, 1.54) is 49.4 Å². The minimum Gasteiger partial charge on any atom is -0.454 e. The van der Waals surface area contributed by atoms with Gasteiger partial charge in [-0.25, -0.2) is 9.59 Å². The number of nitrogens with zero attached hydrogens (tertiary/aromatic N) is 1. The molecule has 0 heterocycles. The summed E-state index contributed by atoms with van der Waals surface area (Å²) >= 11 is 0. The largest absolute Gasteiger partial charge is 0.454 e. The molecule has 0 saturated carbocycles. The molecule has 8 nitrogen and oxygen atoms in total. The predicted octanol–water partition coefficient (Wildman–Crippen LogP) is 4.16. The summed E-state index contributed by atoms with van der Waals surface area (Å²) in [6, 6.07) is 18.1. The molecule has 0 fully saturated rings. The molecule has 0 aliphatic rings. The van der Waals surface area contributed by atoms with Crippen LogP contribution in [0.4, 0.5) is 5.69 Å². The molecule has 0 spiro atoms. The third-order valence-corrected chi connectivity index (χ3v) is 4.36. The smallest absolute Gasteiger partial charge is 0.343 e. The molecule has 0 aromatic heterocycles. The third-order valence-electron chi connectivity index (χ3n) is 4.36. The van der Waals surface area contributed by atoms with E-state index in [0.717, 1.165) is 0 Å². The second kappa shape index (κ2) is 9.45. The molecular formula is C23H17NO7. The number of aryl methyl sites for hydroxylation is 1. The highest BCUT2D eigenvalue weighted by molar-refractivity contribution is 5.99. The lowest BCUT2D eigenvalue weighted by Gasteiger charge is -2.07. The Morgan fingerprint density at radius 2 is 1.48 bits per heavy atom. The van der Waals surface area contributed by atoms with Crippen molar-refractivity contribution in [2.75, 3.05) is 6.61 Å². The number of Topliss-reactive ketones (excluding diaryl/α,β-unsaturated/α-hetero) is 1. The highest BCUT2D eigenvalue weighted by Crippen LogP contribution is 2.19. The number of nitro benzene ring substituents is 1. The van der Waals surface area contributed by atoms with Crippen molar-refractivity contribution >= 4 is 23.4 Å². The normalized spacial score (nSPS) is 10.2. The molecular weight excluding hydrogens is 402 g/mol. The number of esters is 2. The Morgan fingerprint density at radius 1 is 0.839 bits per heavy atom. The Kier molecular flexibility index (Phi) is 6.51. The number of hydrogen-bond acceptors (Lipinski definition) is 7. The first-order valence-electron chi connectivity index (χ1n) is 9.18. The van der Waals surface area contributed by atoms with Crippen LogP contribution in [0.5, 0.6) is 5.75 Å². The average Bonchev–Trinajstić information content (AvgIpc) is 2.78. The maximum absolute atomic E-state index is 12.3. The van der Waals surface area contributed by atoms with E-state index in [-0.39, 0.29) is 22.6 Å². The number of nitro groups is 1. The maximum atomic E-state index is 12.3. The molecule has 3 aromatic rings. The summed E-state index contributed by atoms with van der Waals surface area (Å²) in [5.74, 6) is -1.47. The molecule has 0 unspecified atom stereocenters. The fourth-order valence-corrected chi connectivity index (χ4v) is 2.73. The van der Waals surface area contributed by atoms with E-state index in [1.54, 1.807) is 30.3 Å². The predicted molar refractivity (Wildman–Crippen MR) is 110 cm³/mol. The summed E-state index contributed by atoms with van der Waals surface area (Å²) in [5, 5.41) is 10.8. The lowest BCUT2D eigenvalue weighted by atomic mass is 10.1. The number of carbonyl (C=O) groups excluding carboxylic acids is 3. The van der Waals surface area contributed by atoms with E-state index in [2.05, 4.69) is 0 Å². The Balaban J connectivity index is 1.57. The highest BCUT2D eigenvalue weighted by atomic mass is 16.6. The summed E-state index contributed by atoms with van der Waals surface area (Å²) in [6.07, 6.45) is 0. The molecule has 0 amide bonds. The van der Waals surface area contributed by atoms with E-state index < -0.39 is 29.3 Å². The van der Waals surface area contributed by atoms with Crippen LogP contribution in [0.25, 0.3) is 0 Å². The molecule has 0 N–H and O–H groups in total. The number of ketones is 1. The molecule has 3 rings (SSSR count). The molecule has 0 aliphatic heterocycles. The average molecular weight is 419 g/mol. The number of rotatable bonds is 7. The fourth-order valence-electron chi connectivity index (χ4n) is 2.73. The molecule has 0 atom stereocenters. The van der Waals surface area contributed by atoms with Crippen LogP contribution >= 0.6 is 0 Å². The Morgan fingerprint density at radius 3 is 2.10 bits per heavy atom. The van der Waals surface area contributed by atoms with Gasteiger partial charge in [-0.3, -0.25) is 14.9 Å². The van der Waals surface area contributed by atoms with Crippen LogP contribution in [0.1, 0.15) is 36.6 Å². The van der Waals surface area contributed by atoms with E-state index in [1.807, 2.05) is 0 Å². The van der Waals surface area contributed by atoms with Gasteiger partial charge in [-0.05, 0) is 55.5 Å². The van der Waals surface area contributed by atoms with Gasteiger partial charge in [-0.1, -0.05) is 18.2 Å². The van der Waals surface area contributed by atoms with Crippen LogP contribution in [0.3, 0.4) is 0 Å². The summed E-state index contributed by atoms with van der Waals surface area (Å²) in [5.41, 5.74) is 0.981. The van der Waals surface area contributed by atoms with Crippen LogP contribution in [0, 0.1) is 17.0 Å². The molecule has 0 saturated heterocycles. The Hall–Kier alpha value is -4.33. The maximum Gasteiger partial charge on any atom is 0.343 e. The topological polar surface area (TPSA) is 113 Å². The van der Waals surface area contributed by atoms with Gasteiger partial charge in [0, 0.05) is 17.2 Å². The number of hydrogen-bond donors (Lipinski definition) is 0. The summed E-state index contributed by atoms with van der Waals surface area (Å²) < 4.78 is 10.3. The summed E-state index contributed by atoms with van der Waals surface area (Å²) in [6.45, 7) is 1.00. The first-order chi connectivity index (χ1) is 14.8. The van der Waals surface area contributed by atoms with Crippen molar-refractivity contribution in [3.8, 4) is 5.75 Å². The van der Waals surface area contributed by atoms with Gasteiger partial charge in [-0.15, -0.1) is 0 Å². The van der Waals surface area contributed by atoms with E-state index in [0.29, 0.717) is 11.1 Å². The molecule has 31 heavy (non-hydrogen) atoms. The van der Waals surface area contributed by atoms with Gasteiger partial charge < -0.3 is 9.47 Å². The molecule has 0 aliphatic carbocycles. The van der Waals surface area contributed by atoms with Gasteiger partial charge in [0.1, 0.15) is 5.75 Å². The number of carbonyl (C=O) groups is 3. The number of ether oxygens (including phenoxy) is 2. The Bertz CT molecular complexity index is 1140. The summed E-state index contributed by atoms with van der Waals surface area (Å²) in [4.78, 5) is 46.7. The Labute approximate surface area is 177 Å². The van der Waals surface area contributed by atoms with Crippen LogP contribution in [-0.2, 0) is 4.74 Å². The van der Waals surface area contributed by atoms with Gasteiger partial charge in [0.2, 0.25) is 0 Å². The molecule has 0 radical (unpaired) electrons. The van der Waals surface area contributed by atoms with Gasteiger partial charge in [-0.2, -0.15) is 0 Å². The fraction of sp³-hybridized carbons (Fsp3) is 0.0870. The molecule has 3 aromatic carbocycles. The monoisotopic (exact) mass is 419 g/mol. The zero-order valence-electron chi connectivity index (χ0n) is 16.4. The standard InChI is InChI=1S/C23H17NO7/c1-15-13-18(9-12-20(15)24(28)29)22(26)30-14-21(25)16-7-10-19(11-8-16)31-23(27)17-5-3-2-4-6-17/h2-13H,14H2,1H3. The van der Waals surface area contributed by atoms with Crippen LogP contribution in [-0.4, -0.2) is 29.3 Å². The van der Waals surface area contributed by atoms with Crippen molar-refractivity contribution in [1.29, 1.82) is 0 Å². The zero-order valence-corrected chi connectivity index (χ0v) is 16.4. The van der Waals surface area contributed by atoms with Gasteiger partial charge in [0.05, 0.1) is 16.1 Å². The first-order valence-corrected chi connectivity index (χ1v) is 9.18. The lowest BCUT2D eigenvalue weighted by Crippen LogP contribution is -2.14. The van der Waals surface area contributed by atoms with Gasteiger partial charge in [0.15, 0.2) is 12.4 Å². The summed E-state index contributed by atoms with van der Waals surface area (Å²) in [7, 11) is 0. The van der Waals surface area contributed by atoms with Gasteiger partial charge >= 0.3 is 11.9 Å². The second-order valence-electron chi connectivity index (χ2n) is 6.54. The van der Waals surface area contributed by atoms with Crippen LogP contribution in [0.15, 0.2) is 72.8 Å². The highest BCUT2D eigenvalue weighted by Gasteiger charge is 2.16. The van der Waals surface area contributed by atoms with Crippen molar-refractivity contribution in [1.82, 2.24) is 0 Å². The zero-order chi connectivity index (χ0) is 22.4. The SMILES string of the molecule is Cc1cc(C(=O)OCC(=O)c2ccc(OC(=O)c3ccccc3)cc2)ccc1[N+](=O)[O-]. The molecule has 156 valence electrons. The van der Waals surface area contributed by atoms with E-state index in [4.69, 9.17) is 9.47 Å².